The summed E-state index contributed by atoms with van der Waals surface area (Å²) < 4.78 is 0. The Morgan fingerprint density at radius 1 is 0.880 bits per heavy atom. The van der Waals surface area contributed by atoms with E-state index in [2.05, 4.69) is 40.7 Å². The Morgan fingerprint density at radius 2 is 1.12 bits per heavy atom. The summed E-state index contributed by atoms with van der Waals surface area (Å²) >= 11 is 0. The second-order valence-electron chi connectivity index (χ2n) is 6.28. The first-order valence-corrected chi connectivity index (χ1v) is 12.2. The monoisotopic (exact) mass is 497 g/mol. The SMILES string of the molecule is CC1=[C-]C(C)(C)C(C)=C1C.C[Si](C)C([NH-])=O.C[Si](C)C([NH-])=O.[Cl-].[Cl-].[Zr+2]. The van der Waals surface area contributed by atoms with Crippen LogP contribution in [0, 0.1) is 11.5 Å². The first-order valence-electron chi connectivity index (χ1n) is 7.16. The van der Waals surface area contributed by atoms with Crippen molar-refractivity contribution < 1.29 is 60.6 Å². The average molecular weight is 500 g/mol. The van der Waals surface area contributed by atoms with E-state index in [0.717, 1.165) is 0 Å². The van der Waals surface area contributed by atoms with Gasteiger partial charge in [0.2, 0.25) is 0 Å². The quantitative estimate of drug-likeness (QED) is 0.399. The largest absolute Gasteiger partial charge is 2.00 e. The second-order valence-corrected chi connectivity index (χ2v) is 11.2. The van der Waals surface area contributed by atoms with Crippen LogP contribution in [0.4, 0.5) is 9.59 Å². The van der Waals surface area contributed by atoms with Crippen molar-refractivity contribution in [3.05, 3.63) is 34.3 Å². The third-order valence-corrected chi connectivity index (χ3v) is 5.29. The zero-order chi connectivity index (χ0) is 18.2. The van der Waals surface area contributed by atoms with Gasteiger partial charge in [-0.3, -0.25) is 6.08 Å². The normalized spacial score (nSPS) is 13.8. The van der Waals surface area contributed by atoms with Gasteiger partial charge in [-0.2, -0.15) is 11.1 Å². The average Bonchev–Trinajstić information content (AvgIpc) is 2.53. The second kappa shape index (κ2) is 16.5. The number of hydrogen-bond donors (Lipinski definition) is 0. The van der Waals surface area contributed by atoms with Crippen LogP contribution in [-0.2, 0) is 26.2 Å². The van der Waals surface area contributed by atoms with Crippen molar-refractivity contribution in [1.29, 1.82) is 0 Å². The number of hydrogen-bond acceptors (Lipinski definition) is 2. The molecule has 144 valence electrons. The number of halogens is 2. The number of rotatable bonds is 2. The zero-order valence-electron chi connectivity index (χ0n) is 16.6. The number of carbonyl (C=O) groups is 2. The maximum absolute atomic E-state index is 9.86. The smallest absolute Gasteiger partial charge is 1.00 e. The van der Waals surface area contributed by atoms with E-state index in [1.54, 1.807) is 26.2 Å². The molecule has 0 bridgehead atoms. The van der Waals surface area contributed by atoms with Crippen molar-refractivity contribution >= 4 is 28.7 Å². The number of amides is 2. The van der Waals surface area contributed by atoms with Crippen LogP contribution < -0.4 is 24.8 Å². The summed E-state index contributed by atoms with van der Waals surface area (Å²) in [4.78, 5) is 19.7. The van der Waals surface area contributed by atoms with E-state index in [1.807, 2.05) is 0 Å². The summed E-state index contributed by atoms with van der Waals surface area (Å²) in [6.45, 7) is 18.1. The minimum Gasteiger partial charge on any atom is -1.00 e. The van der Waals surface area contributed by atoms with Crippen molar-refractivity contribution in [1.82, 2.24) is 0 Å². The minimum absolute atomic E-state index is 0. The van der Waals surface area contributed by atoms with Crippen molar-refractivity contribution in [2.24, 2.45) is 5.41 Å². The van der Waals surface area contributed by atoms with Crippen LogP contribution in [0.3, 0.4) is 0 Å². The van der Waals surface area contributed by atoms with Gasteiger partial charge in [-0.1, -0.05) is 59.3 Å². The topological polar surface area (TPSA) is 81.7 Å². The van der Waals surface area contributed by atoms with Gasteiger partial charge < -0.3 is 45.9 Å². The van der Waals surface area contributed by atoms with Gasteiger partial charge in [0.05, 0.1) is 0 Å². The van der Waals surface area contributed by atoms with E-state index in [-0.39, 0.29) is 67.5 Å². The summed E-state index contributed by atoms with van der Waals surface area (Å²) in [6, 6.07) is 0. The van der Waals surface area contributed by atoms with Crippen LogP contribution in [0.2, 0.25) is 26.2 Å². The molecular weight excluding hydrogens is 470 g/mol. The predicted molar refractivity (Wildman–Crippen MR) is 99.0 cm³/mol. The summed E-state index contributed by atoms with van der Waals surface area (Å²) in [7, 11) is -1.85. The van der Waals surface area contributed by atoms with Gasteiger partial charge in [-0.25, -0.2) is 5.57 Å². The molecule has 1 aliphatic carbocycles. The molecule has 0 heterocycles. The van der Waals surface area contributed by atoms with E-state index < -0.39 is 17.6 Å². The fraction of sp³-hybridized carbons (Fsp3) is 0.625. The summed E-state index contributed by atoms with van der Waals surface area (Å²) in [6.07, 6.45) is 3.44. The van der Waals surface area contributed by atoms with Gasteiger partial charge >= 0.3 is 26.2 Å². The van der Waals surface area contributed by atoms with Gasteiger partial charge in [0.1, 0.15) is 17.6 Å². The molecular formula is C16H29Cl2N2O2Si2Zr-3. The summed E-state index contributed by atoms with van der Waals surface area (Å²) in [5.41, 5.74) is 16.5. The van der Waals surface area contributed by atoms with Crippen molar-refractivity contribution in [2.75, 3.05) is 0 Å². The molecule has 0 atom stereocenters. The molecule has 0 saturated carbocycles. The maximum Gasteiger partial charge on any atom is 2.00 e. The molecule has 1 rings (SSSR count). The molecule has 0 aliphatic heterocycles. The van der Waals surface area contributed by atoms with E-state index in [1.165, 1.54) is 16.7 Å². The Kier molecular flexibility index (Phi) is 23.9. The first-order chi connectivity index (χ1) is 9.73. The Hall–Kier alpha value is 0.317. The number of allylic oxidation sites excluding steroid dienone is 4. The van der Waals surface area contributed by atoms with Crippen LogP contribution in [-0.4, -0.2) is 28.7 Å². The molecule has 4 nitrogen and oxygen atoms in total. The van der Waals surface area contributed by atoms with E-state index in [0.29, 0.717) is 0 Å². The van der Waals surface area contributed by atoms with Crippen molar-refractivity contribution in [3.63, 3.8) is 0 Å². The van der Waals surface area contributed by atoms with Gasteiger partial charge in [0.15, 0.2) is 0 Å². The minimum atomic E-state index is -0.924. The standard InChI is InChI=1S/C10H15.2C3H8NOSi.2ClH.Zr/c1-7-6-10(4,5)9(3)8(7)2;2*1-6(2)3(4)5;;;/h1-5H3;2*1-2H3,(H2,4,5);2*1H;/q-1;;;;;+2/p-4. The number of nitrogens with one attached hydrogen (secondary N) is 2. The van der Waals surface area contributed by atoms with Gasteiger partial charge in [0, 0.05) is 11.1 Å². The zero-order valence-corrected chi connectivity index (χ0v) is 22.5. The number of carbonyl (C=O) groups excluding carboxylic acids is 2. The van der Waals surface area contributed by atoms with Crippen LogP contribution in [0.5, 0.6) is 0 Å². The first kappa shape index (κ1) is 36.3. The van der Waals surface area contributed by atoms with Gasteiger partial charge in [0.25, 0.3) is 0 Å². The predicted octanol–water partition coefficient (Wildman–Crippen LogP) is 0.107. The molecule has 0 fully saturated rings. The molecule has 1 aliphatic rings. The van der Waals surface area contributed by atoms with Gasteiger partial charge in [-0.05, 0) is 0 Å². The Bertz CT molecular complexity index is 463. The molecule has 0 aromatic rings. The van der Waals surface area contributed by atoms with Crippen LogP contribution in [0.15, 0.2) is 16.7 Å². The Labute approximate surface area is 188 Å². The Balaban J connectivity index is -0.0000000795. The summed E-state index contributed by atoms with van der Waals surface area (Å²) in [5, 5.41) is 0. The fourth-order valence-electron chi connectivity index (χ4n) is 1.41. The Morgan fingerprint density at radius 3 is 1.16 bits per heavy atom. The molecule has 0 aromatic heterocycles. The van der Waals surface area contributed by atoms with Crippen molar-refractivity contribution in [3.8, 4) is 0 Å². The molecule has 2 N–H and O–H groups in total. The molecule has 0 saturated heterocycles. The van der Waals surface area contributed by atoms with Crippen LogP contribution in [0.1, 0.15) is 34.6 Å². The molecule has 25 heavy (non-hydrogen) atoms. The molecule has 2 radical (unpaired) electrons. The molecule has 0 aromatic carbocycles. The van der Waals surface area contributed by atoms with Crippen LogP contribution in [0.25, 0.3) is 11.5 Å². The fourth-order valence-corrected chi connectivity index (χ4v) is 1.41. The maximum atomic E-state index is 9.86. The summed E-state index contributed by atoms with van der Waals surface area (Å²) in [5.74, 6) is 0. The van der Waals surface area contributed by atoms with Crippen LogP contribution >= 0.6 is 0 Å². The molecule has 0 unspecified atom stereocenters. The van der Waals surface area contributed by atoms with E-state index in [9.17, 15) is 9.59 Å². The molecule has 2 amide bonds. The molecule has 0 spiro atoms. The third kappa shape index (κ3) is 16.2. The van der Waals surface area contributed by atoms with Gasteiger partial charge in [-0.15, -0.1) is 6.92 Å². The third-order valence-electron chi connectivity index (χ3n) is 3.47. The van der Waals surface area contributed by atoms with Crippen molar-refractivity contribution in [2.45, 2.75) is 60.8 Å². The van der Waals surface area contributed by atoms with E-state index >= 15 is 0 Å². The molecule has 9 heteroatoms. The van der Waals surface area contributed by atoms with E-state index in [4.69, 9.17) is 11.5 Å².